The zero-order valence-corrected chi connectivity index (χ0v) is 8.56. The smallest absolute Gasteiger partial charge is 0.229 e. The Labute approximate surface area is 82.2 Å². The average Bonchev–Trinajstić information content (AvgIpc) is 2.52. The van der Waals surface area contributed by atoms with Crippen molar-refractivity contribution in [2.75, 3.05) is 11.4 Å². The molecular formula is C10H13NOS. The summed E-state index contributed by atoms with van der Waals surface area (Å²) in [5, 5.41) is 3.25. The first-order chi connectivity index (χ1) is 6.33. The van der Waals surface area contributed by atoms with Gasteiger partial charge in [-0.15, -0.1) is 11.3 Å². The molecular weight excluding hydrogens is 182 g/mol. The highest BCUT2D eigenvalue weighted by Crippen LogP contribution is 2.32. The van der Waals surface area contributed by atoms with Crippen LogP contribution in [-0.2, 0) is 11.2 Å². The largest absolute Gasteiger partial charge is 0.303 e. The average molecular weight is 195 g/mol. The molecule has 1 aromatic heterocycles. The third-order valence-electron chi connectivity index (χ3n) is 2.34. The van der Waals surface area contributed by atoms with E-state index >= 15 is 0 Å². The van der Waals surface area contributed by atoms with E-state index in [1.165, 1.54) is 10.6 Å². The molecule has 0 N–H and O–H groups in total. The molecule has 0 unspecified atom stereocenters. The maximum atomic E-state index is 11.2. The van der Waals surface area contributed by atoms with E-state index in [9.17, 15) is 4.79 Å². The first-order valence-electron chi connectivity index (χ1n) is 4.69. The highest BCUT2D eigenvalue weighted by atomic mass is 32.1. The fourth-order valence-electron chi connectivity index (χ4n) is 1.55. The van der Waals surface area contributed by atoms with E-state index in [0.29, 0.717) is 0 Å². The second-order valence-corrected chi connectivity index (χ2v) is 4.19. The Morgan fingerprint density at radius 1 is 1.62 bits per heavy atom. The van der Waals surface area contributed by atoms with Gasteiger partial charge >= 0.3 is 0 Å². The highest BCUT2D eigenvalue weighted by molar-refractivity contribution is 7.14. The van der Waals surface area contributed by atoms with E-state index in [2.05, 4.69) is 18.4 Å². The maximum Gasteiger partial charge on any atom is 0.229 e. The van der Waals surface area contributed by atoms with Gasteiger partial charge in [0.15, 0.2) is 0 Å². The molecule has 1 fully saturated rings. The lowest BCUT2D eigenvalue weighted by Crippen LogP contribution is -2.43. The van der Waals surface area contributed by atoms with Crippen LogP contribution in [0, 0.1) is 0 Å². The number of hydrogen-bond acceptors (Lipinski definition) is 2. The minimum atomic E-state index is 0.278. The van der Waals surface area contributed by atoms with Gasteiger partial charge in [0, 0.05) is 13.0 Å². The van der Waals surface area contributed by atoms with Crippen molar-refractivity contribution < 1.29 is 4.79 Å². The molecule has 0 saturated carbocycles. The molecule has 2 nitrogen and oxygen atoms in total. The van der Waals surface area contributed by atoms with Crippen molar-refractivity contribution in [2.24, 2.45) is 0 Å². The van der Waals surface area contributed by atoms with Crippen LogP contribution >= 0.6 is 11.3 Å². The molecule has 1 amide bonds. The van der Waals surface area contributed by atoms with Crippen LogP contribution in [0.15, 0.2) is 11.4 Å². The van der Waals surface area contributed by atoms with Crippen LogP contribution in [0.1, 0.15) is 25.3 Å². The molecule has 3 heteroatoms. The van der Waals surface area contributed by atoms with Gasteiger partial charge in [0.25, 0.3) is 0 Å². The lowest BCUT2D eigenvalue weighted by molar-refractivity contribution is -0.122. The number of carbonyl (C=O) groups excluding carboxylic acids is 1. The molecule has 2 rings (SSSR count). The monoisotopic (exact) mass is 195 g/mol. The Bertz CT molecular complexity index is 318. The molecule has 1 aromatic rings. The zero-order valence-electron chi connectivity index (χ0n) is 7.75. The molecule has 0 bridgehead atoms. The molecule has 1 aliphatic rings. The highest BCUT2D eigenvalue weighted by Gasteiger charge is 2.27. The summed E-state index contributed by atoms with van der Waals surface area (Å²) < 4.78 is 0. The van der Waals surface area contributed by atoms with Crippen molar-refractivity contribution in [1.29, 1.82) is 0 Å². The topological polar surface area (TPSA) is 20.3 Å². The number of hydrogen-bond donors (Lipinski definition) is 0. The third kappa shape index (κ3) is 1.48. The van der Waals surface area contributed by atoms with Crippen LogP contribution in [-0.4, -0.2) is 12.5 Å². The summed E-state index contributed by atoms with van der Waals surface area (Å²) in [5.74, 6) is 0.278. The van der Waals surface area contributed by atoms with E-state index < -0.39 is 0 Å². The van der Waals surface area contributed by atoms with Crippen LogP contribution < -0.4 is 4.90 Å². The van der Waals surface area contributed by atoms with E-state index in [-0.39, 0.29) is 5.91 Å². The van der Waals surface area contributed by atoms with Gasteiger partial charge in [-0.2, -0.15) is 0 Å². The normalized spacial score (nSPS) is 16.1. The first kappa shape index (κ1) is 8.75. The Hall–Kier alpha value is -0.830. The van der Waals surface area contributed by atoms with Crippen LogP contribution in [0.5, 0.6) is 0 Å². The number of rotatable bonds is 3. The van der Waals surface area contributed by atoms with Gasteiger partial charge in [-0.1, -0.05) is 13.3 Å². The van der Waals surface area contributed by atoms with Crippen LogP contribution in [0.3, 0.4) is 0 Å². The summed E-state index contributed by atoms with van der Waals surface area (Å²) in [4.78, 5) is 13.1. The summed E-state index contributed by atoms with van der Waals surface area (Å²) >= 11 is 1.68. The van der Waals surface area contributed by atoms with E-state index in [4.69, 9.17) is 0 Å². The zero-order chi connectivity index (χ0) is 9.26. The fraction of sp³-hybridized carbons (Fsp3) is 0.500. The number of thiophene rings is 1. The van der Waals surface area contributed by atoms with Crippen molar-refractivity contribution >= 4 is 22.2 Å². The number of anilines is 1. The quantitative estimate of drug-likeness (QED) is 0.678. The standard InChI is InChI=1S/C10H13NOS/c1-2-3-8-5-7-13-10(8)11-6-4-9(11)12/h5,7H,2-4,6H2,1H3. The molecule has 0 radical (unpaired) electrons. The number of β-lactam (4-membered cyclic amide) rings is 1. The molecule has 0 aliphatic carbocycles. The molecule has 70 valence electrons. The number of carbonyl (C=O) groups is 1. The van der Waals surface area contributed by atoms with Gasteiger partial charge in [-0.3, -0.25) is 4.79 Å². The van der Waals surface area contributed by atoms with Gasteiger partial charge in [0.2, 0.25) is 5.91 Å². The molecule has 0 spiro atoms. The van der Waals surface area contributed by atoms with Crippen molar-refractivity contribution in [3.8, 4) is 0 Å². The van der Waals surface area contributed by atoms with E-state index in [1.807, 2.05) is 4.90 Å². The summed E-state index contributed by atoms with van der Waals surface area (Å²) in [5.41, 5.74) is 1.33. The minimum absolute atomic E-state index is 0.278. The molecule has 13 heavy (non-hydrogen) atoms. The predicted octanol–water partition coefficient (Wildman–Crippen LogP) is 2.44. The van der Waals surface area contributed by atoms with Crippen molar-refractivity contribution in [2.45, 2.75) is 26.2 Å². The SMILES string of the molecule is CCCc1ccsc1N1CCC1=O. The van der Waals surface area contributed by atoms with Gasteiger partial charge in [0.05, 0.1) is 0 Å². The second kappa shape index (κ2) is 3.50. The lowest BCUT2D eigenvalue weighted by Gasteiger charge is -2.30. The maximum absolute atomic E-state index is 11.2. The Morgan fingerprint density at radius 3 is 3.00 bits per heavy atom. The van der Waals surface area contributed by atoms with Crippen molar-refractivity contribution in [3.05, 3.63) is 17.0 Å². The molecule has 0 aromatic carbocycles. The minimum Gasteiger partial charge on any atom is -0.303 e. The van der Waals surface area contributed by atoms with Crippen LogP contribution in [0.2, 0.25) is 0 Å². The number of nitrogens with zero attached hydrogens (tertiary/aromatic N) is 1. The summed E-state index contributed by atoms with van der Waals surface area (Å²) in [7, 11) is 0. The Morgan fingerprint density at radius 2 is 2.46 bits per heavy atom. The molecule has 1 saturated heterocycles. The third-order valence-corrected chi connectivity index (χ3v) is 3.32. The Kier molecular flexibility index (Phi) is 2.36. The fourth-order valence-corrected chi connectivity index (χ4v) is 2.56. The van der Waals surface area contributed by atoms with Crippen LogP contribution in [0.4, 0.5) is 5.00 Å². The molecule has 2 heterocycles. The van der Waals surface area contributed by atoms with Crippen LogP contribution in [0.25, 0.3) is 0 Å². The van der Waals surface area contributed by atoms with Gasteiger partial charge < -0.3 is 4.90 Å². The number of amides is 1. The summed E-state index contributed by atoms with van der Waals surface area (Å²) in [6, 6.07) is 2.13. The van der Waals surface area contributed by atoms with Gasteiger partial charge in [0.1, 0.15) is 5.00 Å². The summed E-state index contributed by atoms with van der Waals surface area (Å²) in [6.45, 7) is 3.08. The van der Waals surface area contributed by atoms with Gasteiger partial charge in [-0.25, -0.2) is 0 Å². The van der Waals surface area contributed by atoms with E-state index in [0.717, 1.165) is 25.8 Å². The number of aryl methyl sites for hydroxylation is 1. The van der Waals surface area contributed by atoms with Crippen molar-refractivity contribution in [1.82, 2.24) is 0 Å². The van der Waals surface area contributed by atoms with Gasteiger partial charge in [-0.05, 0) is 23.4 Å². The Balaban J connectivity index is 2.18. The first-order valence-corrected chi connectivity index (χ1v) is 5.57. The summed E-state index contributed by atoms with van der Waals surface area (Å²) in [6.07, 6.45) is 2.96. The molecule has 1 aliphatic heterocycles. The lowest BCUT2D eigenvalue weighted by atomic mass is 10.1. The van der Waals surface area contributed by atoms with Crippen molar-refractivity contribution in [3.63, 3.8) is 0 Å². The molecule has 0 atom stereocenters. The van der Waals surface area contributed by atoms with E-state index in [1.54, 1.807) is 11.3 Å². The predicted molar refractivity (Wildman–Crippen MR) is 55.3 cm³/mol. The second-order valence-electron chi connectivity index (χ2n) is 3.30.